The zero-order valence-electron chi connectivity index (χ0n) is 11.0. The highest BCUT2D eigenvalue weighted by molar-refractivity contribution is 5.70. The van der Waals surface area contributed by atoms with Crippen LogP contribution in [-0.2, 0) is 6.61 Å². The first-order valence-electron chi connectivity index (χ1n) is 6.07. The van der Waals surface area contributed by atoms with E-state index < -0.39 is 0 Å². The first-order valence-corrected chi connectivity index (χ1v) is 6.07. The van der Waals surface area contributed by atoms with Crippen LogP contribution in [0.2, 0.25) is 0 Å². The van der Waals surface area contributed by atoms with Crippen LogP contribution in [0.3, 0.4) is 0 Å². The van der Waals surface area contributed by atoms with E-state index in [1.165, 1.54) is 0 Å². The molecule has 0 aromatic heterocycles. The van der Waals surface area contributed by atoms with Crippen molar-refractivity contribution in [2.75, 3.05) is 11.9 Å². The van der Waals surface area contributed by atoms with Crippen molar-refractivity contribution in [1.82, 2.24) is 0 Å². The predicted octanol–water partition coefficient (Wildman–Crippen LogP) is 2.69. The number of hydrogen-bond donors (Lipinski definition) is 1. The van der Waals surface area contributed by atoms with Crippen molar-refractivity contribution in [3.05, 3.63) is 59.2 Å². The number of rotatable bonds is 3. The molecule has 0 aliphatic carbocycles. The topological polar surface area (TPSA) is 71.1 Å². The van der Waals surface area contributed by atoms with Gasteiger partial charge in [0, 0.05) is 12.7 Å². The Bertz CT molecular complexity index is 710. The smallest absolute Gasteiger partial charge is 0.101 e. The highest BCUT2D eigenvalue weighted by Crippen LogP contribution is 2.28. The van der Waals surface area contributed by atoms with Crippen LogP contribution in [0.5, 0.6) is 0 Å². The van der Waals surface area contributed by atoms with Crippen LogP contribution in [0.4, 0.5) is 11.4 Å². The van der Waals surface area contributed by atoms with Crippen LogP contribution >= 0.6 is 0 Å². The van der Waals surface area contributed by atoms with E-state index in [9.17, 15) is 5.26 Å². The average molecular weight is 263 g/mol. The Hall–Kier alpha value is -2.82. The maximum Gasteiger partial charge on any atom is 0.101 e. The van der Waals surface area contributed by atoms with Crippen LogP contribution < -0.4 is 4.90 Å². The molecule has 0 saturated heterocycles. The third kappa shape index (κ3) is 2.61. The number of hydrogen-bond acceptors (Lipinski definition) is 4. The fraction of sp³-hybridized carbons (Fsp3) is 0.125. The molecule has 0 unspecified atom stereocenters. The molecule has 2 rings (SSSR count). The minimum absolute atomic E-state index is 0.0947. The van der Waals surface area contributed by atoms with Crippen molar-refractivity contribution < 1.29 is 5.11 Å². The summed E-state index contributed by atoms with van der Waals surface area (Å²) in [4.78, 5) is 1.85. The highest BCUT2D eigenvalue weighted by Gasteiger charge is 2.10. The molecule has 98 valence electrons. The molecule has 0 atom stereocenters. The second-order valence-electron chi connectivity index (χ2n) is 4.34. The van der Waals surface area contributed by atoms with E-state index in [0.717, 1.165) is 11.4 Å². The van der Waals surface area contributed by atoms with Gasteiger partial charge >= 0.3 is 0 Å². The Balaban J connectivity index is 2.45. The Morgan fingerprint density at radius 2 is 1.90 bits per heavy atom. The standard InChI is InChI=1S/C16H13N3O/c1-19(15-4-2-3-12(8-15)9-17)16-6-5-13(11-20)7-14(16)10-18/h2-8,20H,11H2,1H3. The third-order valence-electron chi connectivity index (χ3n) is 3.09. The molecule has 2 aromatic rings. The van der Waals surface area contributed by atoms with Gasteiger partial charge in [0.15, 0.2) is 0 Å². The molecule has 0 saturated carbocycles. The van der Waals surface area contributed by atoms with Gasteiger partial charge in [-0.15, -0.1) is 0 Å². The van der Waals surface area contributed by atoms with E-state index in [4.69, 9.17) is 10.4 Å². The minimum atomic E-state index is -0.0947. The summed E-state index contributed by atoms with van der Waals surface area (Å²) < 4.78 is 0. The normalized spacial score (nSPS) is 9.60. The van der Waals surface area contributed by atoms with Gasteiger partial charge in [0.05, 0.1) is 29.5 Å². The molecule has 0 spiro atoms. The summed E-state index contributed by atoms with van der Waals surface area (Å²) >= 11 is 0. The Morgan fingerprint density at radius 3 is 2.55 bits per heavy atom. The number of anilines is 2. The molecule has 1 N–H and O–H groups in total. The fourth-order valence-corrected chi connectivity index (χ4v) is 1.99. The summed E-state index contributed by atoms with van der Waals surface area (Å²) in [6.45, 7) is -0.0947. The Kier molecular flexibility index (Phi) is 4.00. The largest absolute Gasteiger partial charge is 0.392 e. The molecule has 20 heavy (non-hydrogen) atoms. The fourth-order valence-electron chi connectivity index (χ4n) is 1.99. The number of nitrogens with zero attached hydrogens (tertiary/aromatic N) is 3. The van der Waals surface area contributed by atoms with E-state index in [-0.39, 0.29) is 6.61 Å². The van der Waals surface area contributed by atoms with Crippen molar-refractivity contribution >= 4 is 11.4 Å². The SMILES string of the molecule is CN(c1cccc(C#N)c1)c1ccc(CO)cc1C#N. The zero-order valence-corrected chi connectivity index (χ0v) is 11.0. The monoisotopic (exact) mass is 263 g/mol. The van der Waals surface area contributed by atoms with E-state index in [1.54, 1.807) is 36.4 Å². The summed E-state index contributed by atoms with van der Waals surface area (Å²) in [5.41, 5.74) is 3.32. The molecule has 2 aromatic carbocycles. The molecular weight excluding hydrogens is 250 g/mol. The molecule has 4 nitrogen and oxygen atoms in total. The molecule has 0 amide bonds. The summed E-state index contributed by atoms with van der Waals surface area (Å²) in [7, 11) is 1.84. The second kappa shape index (κ2) is 5.88. The van der Waals surface area contributed by atoms with Gasteiger partial charge in [-0.25, -0.2) is 0 Å². The predicted molar refractivity (Wildman–Crippen MR) is 76.3 cm³/mol. The lowest BCUT2D eigenvalue weighted by atomic mass is 10.1. The van der Waals surface area contributed by atoms with E-state index in [1.807, 2.05) is 18.0 Å². The van der Waals surface area contributed by atoms with Crippen LogP contribution in [0.25, 0.3) is 0 Å². The van der Waals surface area contributed by atoms with Gasteiger partial charge in [0.25, 0.3) is 0 Å². The van der Waals surface area contributed by atoms with Crippen molar-refractivity contribution in [3.63, 3.8) is 0 Å². The summed E-state index contributed by atoms with van der Waals surface area (Å²) in [6, 6.07) is 16.6. The van der Waals surface area contributed by atoms with Gasteiger partial charge in [-0.05, 0) is 35.9 Å². The van der Waals surface area contributed by atoms with E-state index in [2.05, 4.69) is 12.1 Å². The van der Waals surface area contributed by atoms with Crippen LogP contribution in [0, 0.1) is 22.7 Å². The number of benzene rings is 2. The lowest BCUT2D eigenvalue weighted by Crippen LogP contribution is -2.11. The highest BCUT2D eigenvalue weighted by atomic mass is 16.3. The molecule has 0 heterocycles. The Labute approximate surface area is 117 Å². The van der Waals surface area contributed by atoms with Crippen molar-refractivity contribution in [2.24, 2.45) is 0 Å². The lowest BCUT2D eigenvalue weighted by Gasteiger charge is -2.21. The second-order valence-corrected chi connectivity index (χ2v) is 4.34. The molecule has 0 radical (unpaired) electrons. The first kappa shape index (κ1) is 13.6. The van der Waals surface area contributed by atoms with Gasteiger partial charge in [0.1, 0.15) is 6.07 Å². The minimum Gasteiger partial charge on any atom is -0.392 e. The van der Waals surface area contributed by atoms with E-state index in [0.29, 0.717) is 16.7 Å². The molecular formula is C16H13N3O. The van der Waals surface area contributed by atoms with Crippen molar-refractivity contribution in [2.45, 2.75) is 6.61 Å². The number of aliphatic hydroxyl groups is 1. The average Bonchev–Trinajstić information content (AvgIpc) is 2.53. The number of aliphatic hydroxyl groups excluding tert-OH is 1. The summed E-state index contributed by atoms with van der Waals surface area (Å²) in [5.74, 6) is 0. The van der Waals surface area contributed by atoms with Gasteiger partial charge in [-0.1, -0.05) is 12.1 Å². The molecule has 0 fully saturated rings. The molecule has 4 heteroatoms. The van der Waals surface area contributed by atoms with Crippen LogP contribution in [-0.4, -0.2) is 12.2 Å². The maximum absolute atomic E-state index is 9.22. The summed E-state index contributed by atoms with van der Waals surface area (Å²) in [6.07, 6.45) is 0. The Morgan fingerprint density at radius 1 is 1.10 bits per heavy atom. The van der Waals surface area contributed by atoms with Crippen molar-refractivity contribution in [1.29, 1.82) is 10.5 Å². The molecule has 0 bridgehead atoms. The number of nitriles is 2. The summed E-state index contributed by atoms with van der Waals surface area (Å²) in [5, 5.41) is 27.3. The quantitative estimate of drug-likeness (QED) is 0.924. The van der Waals surface area contributed by atoms with Crippen LogP contribution in [0.15, 0.2) is 42.5 Å². The van der Waals surface area contributed by atoms with Gasteiger partial charge in [-0.3, -0.25) is 0 Å². The van der Waals surface area contributed by atoms with Crippen LogP contribution in [0.1, 0.15) is 16.7 Å². The van der Waals surface area contributed by atoms with Gasteiger partial charge in [-0.2, -0.15) is 10.5 Å². The van der Waals surface area contributed by atoms with Crippen molar-refractivity contribution in [3.8, 4) is 12.1 Å². The first-order chi connectivity index (χ1) is 9.69. The zero-order chi connectivity index (χ0) is 14.5. The van der Waals surface area contributed by atoms with E-state index >= 15 is 0 Å². The van der Waals surface area contributed by atoms with Gasteiger partial charge < -0.3 is 10.0 Å². The van der Waals surface area contributed by atoms with Gasteiger partial charge in [0.2, 0.25) is 0 Å². The lowest BCUT2D eigenvalue weighted by molar-refractivity contribution is 0.282. The third-order valence-corrected chi connectivity index (χ3v) is 3.09. The molecule has 0 aliphatic rings. The maximum atomic E-state index is 9.22. The molecule has 0 aliphatic heterocycles.